The molecule has 1 aromatic heterocycles. The molecule has 2 aliphatic heterocycles. The maximum atomic E-state index is 12.4. The Morgan fingerprint density at radius 1 is 1.00 bits per heavy atom. The van der Waals surface area contributed by atoms with Gasteiger partial charge in [0.25, 0.3) is 0 Å². The van der Waals surface area contributed by atoms with Gasteiger partial charge in [-0.05, 0) is 36.2 Å². The minimum absolute atomic E-state index is 0.108. The molecule has 0 unspecified atom stereocenters. The summed E-state index contributed by atoms with van der Waals surface area (Å²) < 4.78 is 21.5. The van der Waals surface area contributed by atoms with Crippen LogP contribution in [0.3, 0.4) is 0 Å². The molecule has 3 heterocycles. The maximum Gasteiger partial charge on any atom is 0.234 e. The fourth-order valence-corrected chi connectivity index (χ4v) is 4.17. The zero-order valence-electron chi connectivity index (χ0n) is 15.7. The Hall–Kier alpha value is -3.13. The first-order chi connectivity index (χ1) is 14.2. The molecule has 0 radical (unpaired) electrons. The van der Waals surface area contributed by atoms with Crippen molar-refractivity contribution in [2.75, 3.05) is 24.7 Å². The largest absolute Gasteiger partial charge is 0.454 e. The Morgan fingerprint density at radius 3 is 2.52 bits per heavy atom. The molecule has 2 aliphatic rings. The number of ether oxygens (including phenoxy) is 4. The summed E-state index contributed by atoms with van der Waals surface area (Å²) in [5.41, 5.74) is 2.59. The van der Waals surface area contributed by atoms with Crippen LogP contribution in [0.5, 0.6) is 23.0 Å². The van der Waals surface area contributed by atoms with Crippen molar-refractivity contribution in [3.63, 3.8) is 0 Å². The number of nitrogens with zero attached hydrogens (tertiary/aromatic N) is 1. The summed E-state index contributed by atoms with van der Waals surface area (Å²) >= 11 is 1.42. The van der Waals surface area contributed by atoms with Gasteiger partial charge >= 0.3 is 0 Å². The maximum absolute atomic E-state index is 12.4. The standard InChI is InChI=1S/C21H18N2O5S/c1-2-12-5-13-6-17-19(28-11-26-17)8-15(13)23-21(12)29-9-20(24)22-14-3-4-16-18(7-14)27-10-25-16/h3-8H,2,9-11H2,1H3,(H,22,24). The third-order valence-corrected chi connectivity index (χ3v) is 5.76. The molecule has 0 spiro atoms. The van der Waals surface area contributed by atoms with E-state index in [4.69, 9.17) is 23.9 Å². The quantitative estimate of drug-likeness (QED) is 0.637. The Morgan fingerprint density at radius 2 is 1.72 bits per heavy atom. The predicted octanol–water partition coefficient (Wildman–Crippen LogP) is 3.99. The number of amides is 1. The molecule has 0 atom stereocenters. The minimum atomic E-state index is -0.108. The van der Waals surface area contributed by atoms with Gasteiger partial charge in [0, 0.05) is 23.2 Å². The van der Waals surface area contributed by atoms with Gasteiger partial charge in [0.05, 0.1) is 11.3 Å². The van der Waals surface area contributed by atoms with Crippen LogP contribution in [0.15, 0.2) is 41.4 Å². The molecule has 1 N–H and O–H groups in total. The second-order valence-electron chi connectivity index (χ2n) is 6.61. The topological polar surface area (TPSA) is 78.9 Å². The monoisotopic (exact) mass is 410 g/mol. The van der Waals surface area contributed by atoms with Gasteiger partial charge in [0.1, 0.15) is 5.03 Å². The second kappa shape index (κ2) is 7.36. The van der Waals surface area contributed by atoms with Crippen molar-refractivity contribution in [1.82, 2.24) is 4.98 Å². The summed E-state index contributed by atoms with van der Waals surface area (Å²) in [6.45, 7) is 2.51. The Kier molecular flexibility index (Phi) is 4.55. The lowest BCUT2D eigenvalue weighted by Gasteiger charge is -2.10. The molecular weight excluding hydrogens is 392 g/mol. The molecule has 29 heavy (non-hydrogen) atoms. The summed E-state index contributed by atoms with van der Waals surface area (Å²) in [7, 11) is 0. The number of carbonyl (C=O) groups excluding carboxylic acids is 1. The summed E-state index contributed by atoms with van der Waals surface area (Å²) in [4.78, 5) is 17.2. The van der Waals surface area contributed by atoms with E-state index in [1.165, 1.54) is 11.8 Å². The van der Waals surface area contributed by atoms with Crippen LogP contribution in [0, 0.1) is 0 Å². The number of aryl methyl sites for hydroxylation is 1. The molecule has 7 nitrogen and oxygen atoms in total. The van der Waals surface area contributed by atoms with Gasteiger partial charge in [-0.3, -0.25) is 4.79 Å². The SMILES string of the molecule is CCc1cc2cc3c(cc2nc1SCC(=O)Nc1ccc2c(c1)OCO2)OCO3. The van der Waals surface area contributed by atoms with Crippen molar-refractivity contribution in [2.24, 2.45) is 0 Å². The molecule has 8 heteroatoms. The normalized spacial score (nSPS) is 13.7. The number of thioether (sulfide) groups is 1. The molecule has 0 saturated carbocycles. The van der Waals surface area contributed by atoms with Crippen LogP contribution in [-0.4, -0.2) is 30.2 Å². The third kappa shape index (κ3) is 3.51. The summed E-state index contributed by atoms with van der Waals surface area (Å²) in [6, 6.07) is 11.3. The van der Waals surface area contributed by atoms with Crippen molar-refractivity contribution in [3.8, 4) is 23.0 Å². The van der Waals surface area contributed by atoms with E-state index in [9.17, 15) is 4.79 Å². The van der Waals surface area contributed by atoms with E-state index < -0.39 is 0 Å². The first-order valence-corrected chi connectivity index (χ1v) is 10.2. The molecular formula is C21H18N2O5S. The van der Waals surface area contributed by atoms with Crippen molar-refractivity contribution in [3.05, 3.63) is 42.0 Å². The number of anilines is 1. The van der Waals surface area contributed by atoms with E-state index in [2.05, 4.69) is 18.3 Å². The summed E-state index contributed by atoms with van der Waals surface area (Å²) in [5, 5.41) is 4.74. The highest BCUT2D eigenvalue weighted by Crippen LogP contribution is 2.37. The highest BCUT2D eigenvalue weighted by Gasteiger charge is 2.17. The van der Waals surface area contributed by atoms with Crippen molar-refractivity contribution >= 4 is 34.3 Å². The lowest BCUT2D eigenvalue weighted by molar-refractivity contribution is -0.113. The fraction of sp³-hybridized carbons (Fsp3) is 0.238. The van der Waals surface area contributed by atoms with Gasteiger partial charge in [-0.25, -0.2) is 4.98 Å². The van der Waals surface area contributed by atoms with E-state index in [0.717, 1.165) is 33.7 Å². The van der Waals surface area contributed by atoms with E-state index in [0.29, 0.717) is 22.9 Å². The Balaban J connectivity index is 1.31. The highest BCUT2D eigenvalue weighted by atomic mass is 32.2. The van der Waals surface area contributed by atoms with E-state index in [1.807, 2.05) is 12.1 Å². The average Bonchev–Trinajstić information content (AvgIpc) is 3.38. The number of benzene rings is 2. The first kappa shape index (κ1) is 17.9. The summed E-state index contributed by atoms with van der Waals surface area (Å²) in [5.74, 6) is 2.91. The van der Waals surface area contributed by atoms with Crippen LogP contribution >= 0.6 is 11.8 Å². The zero-order chi connectivity index (χ0) is 19.8. The number of hydrogen-bond donors (Lipinski definition) is 1. The molecule has 0 saturated heterocycles. The number of rotatable bonds is 5. The zero-order valence-corrected chi connectivity index (χ0v) is 16.5. The van der Waals surface area contributed by atoms with Gasteiger partial charge in [-0.2, -0.15) is 0 Å². The first-order valence-electron chi connectivity index (χ1n) is 9.25. The lowest BCUT2D eigenvalue weighted by atomic mass is 10.1. The van der Waals surface area contributed by atoms with Crippen LogP contribution in [-0.2, 0) is 11.2 Å². The van der Waals surface area contributed by atoms with Crippen LogP contribution in [0.2, 0.25) is 0 Å². The molecule has 1 amide bonds. The van der Waals surface area contributed by atoms with Gasteiger partial charge < -0.3 is 24.3 Å². The van der Waals surface area contributed by atoms with Crippen molar-refractivity contribution < 1.29 is 23.7 Å². The molecule has 0 fully saturated rings. The molecule has 2 aromatic carbocycles. The van der Waals surface area contributed by atoms with E-state index in [-0.39, 0.29) is 25.2 Å². The highest BCUT2D eigenvalue weighted by molar-refractivity contribution is 8.00. The number of carbonyl (C=O) groups is 1. The minimum Gasteiger partial charge on any atom is -0.454 e. The van der Waals surface area contributed by atoms with Crippen LogP contribution < -0.4 is 24.3 Å². The van der Waals surface area contributed by atoms with Crippen LogP contribution in [0.4, 0.5) is 5.69 Å². The number of nitrogens with one attached hydrogen (secondary N) is 1. The van der Waals surface area contributed by atoms with Gasteiger partial charge in [0.15, 0.2) is 23.0 Å². The molecule has 148 valence electrons. The Labute approximate surface area is 171 Å². The van der Waals surface area contributed by atoms with Crippen LogP contribution in [0.25, 0.3) is 10.9 Å². The van der Waals surface area contributed by atoms with Gasteiger partial charge in [0.2, 0.25) is 19.5 Å². The molecule has 5 rings (SSSR count). The fourth-order valence-electron chi connectivity index (χ4n) is 3.27. The number of aromatic nitrogens is 1. The van der Waals surface area contributed by atoms with Crippen molar-refractivity contribution in [2.45, 2.75) is 18.4 Å². The number of fused-ring (bicyclic) bond motifs is 3. The molecule has 0 aliphatic carbocycles. The number of pyridine rings is 1. The number of hydrogen-bond acceptors (Lipinski definition) is 7. The van der Waals surface area contributed by atoms with Gasteiger partial charge in [-0.15, -0.1) is 0 Å². The smallest absolute Gasteiger partial charge is 0.234 e. The second-order valence-corrected chi connectivity index (χ2v) is 7.57. The molecule has 0 bridgehead atoms. The van der Waals surface area contributed by atoms with Crippen molar-refractivity contribution in [1.29, 1.82) is 0 Å². The summed E-state index contributed by atoms with van der Waals surface area (Å²) in [6.07, 6.45) is 0.823. The molecule has 3 aromatic rings. The lowest BCUT2D eigenvalue weighted by Crippen LogP contribution is -2.14. The third-order valence-electron chi connectivity index (χ3n) is 4.73. The van der Waals surface area contributed by atoms with Gasteiger partial charge in [-0.1, -0.05) is 18.7 Å². The Bertz CT molecular complexity index is 1120. The van der Waals surface area contributed by atoms with E-state index in [1.54, 1.807) is 18.2 Å². The predicted molar refractivity (Wildman–Crippen MR) is 109 cm³/mol. The van der Waals surface area contributed by atoms with Crippen LogP contribution in [0.1, 0.15) is 12.5 Å². The average molecular weight is 410 g/mol. The van der Waals surface area contributed by atoms with E-state index >= 15 is 0 Å².